The van der Waals surface area contributed by atoms with Crippen LogP contribution in [0.3, 0.4) is 0 Å². The summed E-state index contributed by atoms with van der Waals surface area (Å²) in [6.45, 7) is 4.92. The molecule has 1 aromatic heterocycles. The predicted octanol–water partition coefficient (Wildman–Crippen LogP) is 0.963. The molecule has 1 aliphatic rings. The maximum Gasteiger partial charge on any atom is 0.245 e. The Labute approximate surface area is 125 Å². The second-order valence-corrected chi connectivity index (χ2v) is 7.02. The molecule has 21 heavy (non-hydrogen) atoms. The summed E-state index contributed by atoms with van der Waals surface area (Å²) < 4.78 is 26.7. The van der Waals surface area contributed by atoms with Crippen LogP contribution in [0.1, 0.15) is 25.5 Å². The summed E-state index contributed by atoms with van der Waals surface area (Å²) in [5.74, 6) is 0.515. The smallest absolute Gasteiger partial charge is 0.245 e. The first-order valence-corrected chi connectivity index (χ1v) is 8.59. The van der Waals surface area contributed by atoms with Crippen LogP contribution in [0.2, 0.25) is 0 Å². The molecule has 1 aromatic rings. The molecule has 7 heteroatoms. The van der Waals surface area contributed by atoms with Crippen molar-refractivity contribution < 1.29 is 8.42 Å². The third-order valence-electron chi connectivity index (χ3n) is 3.75. The molecule has 6 nitrogen and oxygen atoms in total. The molecule has 0 amide bonds. The van der Waals surface area contributed by atoms with Crippen molar-refractivity contribution >= 4 is 10.0 Å². The van der Waals surface area contributed by atoms with Crippen LogP contribution >= 0.6 is 0 Å². The molecule has 1 fully saturated rings. The van der Waals surface area contributed by atoms with E-state index in [1.54, 1.807) is 6.07 Å². The number of nitrogens with one attached hydrogen (secondary N) is 1. The summed E-state index contributed by atoms with van der Waals surface area (Å²) in [5, 5.41) is 12.3. The van der Waals surface area contributed by atoms with Crippen molar-refractivity contribution in [1.29, 1.82) is 5.26 Å². The number of sulfonamides is 1. The Morgan fingerprint density at radius 3 is 2.81 bits per heavy atom. The van der Waals surface area contributed by atoms with Gasteiger partial charge in [0.1, 0.15) is 11.0 Å². The molecule has 0 unspecified atom stereocenters. The predicted molar refractivity (Wildman–Crippen MR) is 79.0 cm³/mol. The molecule has 0 saturated carbocycles. The molecule has 0 atom stereocenters. The van der Waals surface area contributed by atoms with E-state index in [0.717, 1.165) is 25.9 Å². The number of rotatable bonds is 5. The Balaban J connectivity index is 2.10. The van der Waals surface area contributed by atoms with Gasteiger partial charge < -0.3 is 5.32 Å². The summed E-state index contributed by atoms with van der Waals surface area (Å²) in [4.78, 5) is 3.85. The third-order valence-corrected chi connectivity index (χ3v) is 5.68. The van der Waals surface area contributed by atoms with Crippen molar-refractivity contribution in [1.82, 2.24) is 14.6 Å². The molecule has 114 valence electrons. The largest absolute Gasteiger partial charge is 0.317 e. The Morgan fingerprint density at radius 1 is 1.48 bits per heavy atom. The highest BCUT2D eigenvalue weighted by molar-refractivity contribution is 7.89. The third kappa shape index (κ3) is 3.59. The number of nitrogens with zero attached hydrogens (tertiary/aromatic N) is 3. The molecule has 0 aromatic carbocycles. The molecular weight excluding hydrogens is 288 g/mol. The molecule has 2 rings (SSSR count). The first-order chi connectivity index (χ1) is 10.1. The monoisotopic (exact) mass is 308 g/mol. The molecule has 1 aliphatic heterocycles. The van der Waals surface area contributed by atoms with Crippen LogP contribution in [-0.2, 0) is 10.0 Å². The first kappa shape index (κ1) is 15.9. The summed E-state index contributed by atoms with van der Waals surface area (Å²) in [7, 11) is -3.62. The van der Waals surface area contributed by atoms with E-state index in [4.69, 9.17) is 5.26 Å². The minimum atomic E-state index is -3.62. The summed E-state index contributed by atoms with van der Waals surface area (Å²) in [6.07, 6.45) is 3.11. The van der Waals surface area contributed by atoms with E-state index in [-0.39, 0.29) is 10.6 Å². The van der Waals surface area contributed by atoms with Crippen LogP contribution in [0.25, 0.3) is 0 Å². The lowest BCUT2D eigenvalue weighted by Gasteiger charge is -2.31. The summed E-state index contributed by atoms with van der Waals surface area (Å²) in [5.41, 5.74) is -0.0349. The quantitative estimate of drug-likeness (QED) is 0.875. The van der Waals surface area contributed by atoms with Gasteiger partial charge in [0.05, 0.1) is 0 Å². The highest BCUT2D eigenvalue weighted by Crippen LogP contribution is 2.24. The van der Waals surface area contributed by atoms with E-state index in [1.807, 2.05) is 6.07 Å². The standard InChI is InChI=1S/C14H20N4O2S/c1-2-16-11-12-5-8-18(9-6-12)21(19,20)14-4-3-7-17-13(14)10-15/h3-4,7,12,16H,2,5-6,8-9,11H2,1H3. The van der Waals surface area contributed by atoms with E-state index >= 15 is 0 Å². The zero-order chi connectivity index (χ0) is 15.3. The Kier molecular flexibility index (Phi) is 5.28. The number of nitriles is 1. The highest BCUT2D eigenvalue weighted by Gasteiger charge is 2.31. The fourth-order valence-corrected chi connectivity index (χ4v) is 4.09. The van der Waals surface area contributed by atoms with Gasteiger partial charge in [0, 0.05) is 19.3 Å². The lowest BCUT2D eigenvalue weighted by molar-refractivity contribution is 0.268. The molecular formula is C14H20N4O2S. The van der Waals surface area contributed by atoms with Gasteiger partial charge in [-0.15, -0.1) is 0 Å². The van der Waals surface area contributed by atoms with Crippen LogP contribution in [0.5, 0.6) is 0 Å². The van der Waals surface area contributed by atoms with Gasteiger partial charge in [0.25, 0.3) is 0 Å². The van der Waals surface area contributed by atoms with E-state index in [9.17, 15) is 8.42 Å². The Morgan fingerprint density at radius 2 is 2.19 bits per heavy atom. The highest BCUT2D eigenvalue weighted by atomic mass is 32.2. The maximum absolute atomic E-state index is 12.6. The fraction of sp³-hybridized carbons (Fsp3) is 0.571. The number of aromatic nitrogens is 1. The SMILES string of the molecule is CCNCC1CCN(S(=O)(=O)c2cccnc2C#N)CC1. The second kappa shape index (κ2) is 6.98. The van der Waals surface area contributed by atoms with Gasteiger partial charge in [-0.05, 0) is 44.0 Å². The first-order valence-electron chi connectivity index (χ1n) is 7.15. The lowest BCUT2D eigenvalue weighted by atomic mass is 9.98. The van der Waals surface area contributed by atoms with E-state index in [1.165, 1.54) is 16.6 Å². The number of hydrogen-bond donors (Lipinski definition) is 1. The van der Waals surface area contributed by atoms with Crippen LogP contribution in [-0.4, -0.2) is 43.9 Å². The zero-order valence-electron chi connectivity index (χ0n) is 12.1. The second-order valence-electron chi connectivity index (χ2n) is 5.12. The van der Waals surface area contributed by atoms with Crippen molar-refractivity contribution in [3.63, 3.8) is 0 Å². The summed E-state index contributed by atoms with van der Waals surface area (Å²) in [6, 6.07) is 4.85. The summed E-state index contributed by atoms with van der Waals surface area (Å²) >= 11 is 0. The van der Waals surface area contributed by atoms with Crippen molar-refractivity contribution in [2.75, 3.05) is 26.2 Å². The molecule has 0 aliphatic carbocycles. The van der Waals surface area contributed by atoms with Crippen molar-refractivity contribution in [2.24, 2.45) is 5.92 Å². The van der Waals surface area contributed by atoms with E-state index in [2.05, 4.69) is 17.2 Å². The minimum Gasteiger partial charge on any atom is -0.317 e. The van der Waals surface area contributed by atoms with Gasteiger partial charge in [-0.25, -0.2) is 13.4 Å². The number of hydrogen-bond acceptors (Lipinski definition) is 5. The lowest BCUT2D eigenvalue weighted by Crippen LogP contribution is -2.41. The zero-order valence-corrected chi connectivity index (χ0v) is 12.9. The average Bonchev–Trinajstić information content (AvgIpc) is 2.53. The molecule has 2 heterocycles. The molecule has 0 radical (unpaired) electrons. The van der Waals surface area contributed by atoms with Crippen molar-refractivity contribution in [3.8, 4) is 6.07 Å². The average molecular weight is 308 g/mol. The molecule has 1 N–H and O–H groups in total. The molecule has 1 saturated heterocycles. The Bertz CT molecular complexity index is 616. The molecule has 0 bridgehead atoms. The van der Waals surface area contributed by atoms with E-state index in [0.29, 0.717) is 19.0 Å². The minimum absolute atomic E-state index is 0.0117. The van der Waals surface area contributed by atoms with Gasteiger partial charge in [0.15, 0.2) is 5.69 Å². The number of pyridine rings is 1. The van der Waals surface area contributed by atoms with Crippen molar-refractivity contribution in [2.45, 2.75) is 24.7 Å². The van der Waals surface area contributed by atoms with Crippen LogP contribution in [0, 0.1) is 17.2 Å². The van der Waals surface area contributed by atoms with Crippen LogP contribution in [0.15, 0.2) is 23.2 Å². The topological polar surface area (TPSA) is 86.1 Å². The maximum atomic E-state index is 12.6. The van der Waals surface area contributed by atoms with Gasteiger partial charge in [-0.3, -0.25) is 0 Å². The molecule has 0 spiro atoms. The normalized spacial score (nSPS) is 17.5. The van der Waals surface area contributed by atoms with E-state index < -0.39 is 10.0 Å². The Hall–Kier alpha value is -1.49. The van der Waals surface area contributed by atoms with Gasteiger partial charge >= 0.3 is 0 Å². The van der Waals surface area contributed by atoms with Gasteiger partial charge in [-0.1, -0.05) is 6.92 Å². The van der Waals surface area contributed by atoms with Crippen LogP contribution in [0.4, 0.5) is 0 Å². The van der Waals surface area contributed by atoms with Gasteiger partial charge in [-0.2, -0.15) is 9.57 Å². The van der Waals surface area contributed by atoms with Crippen molar-refractivity contribution in [3.05, 3.63) is 24.0 Å². The number of piperidine rings is 1. The fourth-order valence-electron chi connectivity index (χ4n) is 2.52. The van der Waals surface area contributed by atoms with Crippen LogP contribution < -0.4 is 5.32 Å². The van der Waals surface area contributed by atoms with Gasteiger partial charge in [0.2, 0.25) is 10.0 Å².